The molecule has 0 aromatic heterocycles. The summed E-state index contributed by atoms with van der Waals surface area (Å²) < 4.78 is 0. The van der Waals surface area contributed by atoms with Crippen LogP contribution in [0.25, 0.3) is 11.1 Å². The van der Waals surface area contributed by atoms with Gasteiger partial charge in [-0.1, -0.05) is 48.0 Å². The molecule has 0 spiro atoms. The van der Waals surface area contributed by atoms with E-state index in [-0.39, 0.29) is 22.8 Å². The van der Waals surface area contributed by atoms with Crippen LogP contribution in [-0.4, -0.2) is 22.8 Å². The molecule has 0 saturated carbocycles. The lowest BCUT2D eigenvalue weighted by Crippen LogP contribution is -2.25. The number of fused-ring (bicyclic) bond motifs is 3. The SMILES string of the molecule is Cc1ccc(NC(=O)CS[C@H](C)C(=O)Nc2ccc3c(c2)-c2ccccc2C3)cc1. The molecule has 0 saturated heterocycles. The molecular weight excluding hydrogens is 392 g/mol. The van der Waals surface area contributed by atoms with E-state index in [2.05, 4.69) is 34.9 Å². The fraction of sp³-hybridized carbons (Fsp3) is 0.200. The first kappa shape index (κ1) is 20.2. The van der Waals surface area contributed by atoms with Gasteiger partial charge in [0, 0.05) is 11.4 Å². The van der Waals surface area contributed by atoms with Crippen LogP contribution in [0.2, 0.25) is 0 Å². The second-order valence-corrected chi connectivity index (χ2v) is 8.89. The molecule has 1 aliphatic rings. The first-order valence-corrected chi connectivity index (χ1v) is 11.0. The van der Waals surface area contributed by atoms with Gasteiger partial charge >= 0.3 is 0 Å². The van der Waals surface area contributed by atoms with Crippen molar-refractivity contribution in [3.05, 3.63) is 83.4 Å². The Hall–Kier alpha value is -3.05. The zero-order valence-corrected chi connectivity index (χ0v) is 17.9. The van der Waals surface area contributed by atoms with E-state index >= 15 is 0 Å². The van der Waals surface area contributed by atoms with Gasteiger partial charge in [0.25, 0.3) is 0 Å². The minimum atomic E-state index is -0.339. The van der Waals surface area contributed by atoms with Crippen LogP contribution in [0.5, 0.6) is 0 Å². The first-order valence-electron chi connectivity index (χ1n) is 10.00. The summed E-state index contributed by atoms with van der Waals surface area (Å²) in [7, 11) is 0. The van der Waals surface area contributed by atoms with Crippen molar-refractivity contribution in [1.29, 1.82) is 0 Å². The molecule has 152 valence electrons. The van der Waals surface area contributed by atoms with Gasteiger partial charge in [0.1, 0.15) is 0 Å². The van der Waals surface area contributed by atoms with Crippen molar-refractivity contribution >= 4 is 35.0 Å². The van der Waals surface area contributed by atoms with Crippen molar-refractivity contribution in [2.75, 3.05) is 16.4 Å². The highest BCUT2D eigenvalue weighted by Crippen LogP contribution is 2.37. The van der Waals surface area contributed by atoms with Gasteiger partial charge in [0.05, 0.1) is 11.0 Å². The van der Waals surface area contributed by atoms with Crippen molar-refractivity contribution < 1.29 is 9.59 Å². The van der Waals surface area contributed by atoms with Crippen LogP contribution in [0.3, 0.4) is 0 Å². The molecule has 2 N–H and O–H groups in total. The van der Waals surface area contributed by atoms with E-state index in [1.54, 1.807) is 0 Å². The number of carbonyl (C=O) groups is 2. The topological polar surface area (TPSA) is 58.2 Å². The molecule has 0 bridgehead atoms. The Balaban J connectivity index is 1.32. The number of hydrogen-bond acceptors (Lipinski definition) is 3. The van der Waals surface area contributed by atoms with Crippen molar-refractivity contribution in [2.45, 2.75) is 25.5 Å². The van der Waals surface area contributed by atoms with Gasteiger partial charge in [-0.2, -0.15) is 0 Å². The lowest BCUT2D eigenvalue weighted by atomic mass is 10.1. The second-order valence-electron chi connectivity index (χ2n) is 7.56. The highest BCUT2D eigenvalue weighted by atomic mass is 32.2. The Morgan fingerprint density at radius 3 is 2.40 bits per heavy atom. The van der Waals surface area contributed by atoms with Crippen LogP contribution in [0.4, 0.5) is 11.4 Å². The first-order chi connectivity index (χ1) is 14.5. The number of carbonyl (C=O) groups excluding carboxylic acids is 2. The summed E-state index contributed by atoms with van der Waals surface area (Å²) in [5.41, 5.74) is 7.71. The van der Waals surface area contributed by atoms with Gasteiger partial charge in [-0.25, -0.2) is 0 Å². The number of amides is 2. The predicted octanol–water partition coefficient (Wildman–Crippen LogP) is 5.27. The average molecular weight is 417 g/mol. The van der Waals surface area contributed by atoms with E-state index in [0.717, 1.165) is 23.4 Å². The zero-order valence-electron chi connectivity index (χ0n) is 17.1. The van der Waals surface area contributed by atoms with E-state index in [1.165, 1.54) is 34.0 Å². The van der Waals surface area contributed by atoms with Crippen LogP contribution >= 0.6 is 11.8 Å². The summed E-state index contributed by atoms with van der Waals surface area (Å²) in [5, 5.41) is 5.51. The quantitative estimate of drug-likeness (QED) is 0.450. The van der Waals surface area contributed by atoms with Gasteiger partial charge in [0.15, 0.2) is 0 Å². The summed E-state index contributed by atoms with van der Waals surface area (Å²) in [6.07, 6.45) is 0.933. The third-order valence-corrected chi connectivity index (χ3v) is 6.38. The van der Waals surface area contributed by atoms with Crippen molar-refractivity contribution in [3.8, 4) is 11.1 Å². The molecule has 0 fully saturated rings. The minimum Gasteiger partial charge on any atom is -0.325 e. The highest BCUT2D eigenvalue weighted by molar-refractivity contribution is 8.01. The summed E-state index contributed by atoms with van der Waals surface area (Å²) >= 11 is 1.32. The smallest absolute Gasteiger partial charge is 0.237 e. The number of nitrogens with one attached hydrogen (secondary N) is 2. The molecule has 1 atom stereocenters. The summed E-state index contributed by atoms with van der Waals surface area (Å²) in [6.45, 7) is 3.82. The van der Waals surface area contributed by atoms with E-state index in [4.69, 9.17) is 0 Å². The van der Waals surface area contributed by atoms with E-state index in [0.29, 0.717) is 0 Å². The molecule has 0 radical (unpaired) electrons. The Bertz CT molecular complexity index is 1090. The van der Waals surface area contributed by atoms with Gasteiger partial charge in [-0.3, -0.25) is 9.59 Å². The molecule has 0 aliphatic heterocycles. The monoisotopic (exact) mass is 416 g/mol. The number of hydrogen-bond donors (Lipinski definition) is 2. The van der Waals surface area contributed by atoms with Crippen LogP contribution in [0, 0.1) is 6.92 Å². The molecule has 0 heterocycles. The second kappa shape index (κ2) is 8.76. The standard InChI is InChI=1S/C25H24N2O2S/c1-16-7-10-20(11-8-16)26-24(28)15-30-17(2)25(29)27-21-12-9-19-13-18-5-3-4-6-22(18)23(19)14-21/h3-12,14,17H,13,15H2,1-2H3,(H,26,28)(H,27,29)/t17-/m1/s1. The average Bonchev–Trinajstić information content (AvgIpc) is 3.11. The van der Waals surface area contributed by atoms with Crippen molar-refractivity contribution in [3.63, 3.8) is 0 Å². The maximum absolute atomic E-state index is 12.6. The van der Waals surface area contributed by atoms with Crippen LogP contribution in [0.1, 0.15) is 23.6 Å². The number of thioether (sulfide) groups is 1. The number of benzene rings is 3. The number of rotatable bonds is 6. The summed E-state index contributed by atoms with van der Waals surface area (Å²) in [5.74, 6) is 0.00652. The highest BCUT2D eigenvalue weighted by Gasteiger charge is 2.20. The molecule has 0 unspecified atom stereocenters. The lowest BCUT2D eigenvalue weighted by molar-refractivity contribution is -0.115. The zero-order chi connectivity index (χ0) is 21.1. The Morgan fingerprint density at radius 2 is 1.60 bits per heavy atom. The number of aryl methyl sites for hydroxylation is 1. The van der Waals surface area contributed by atoms with Crippen molar-refractivity contribution in [1.82, 2.24) is 0 Å². The molecular formula is C25H24N2O2S. The van der Waals surface area contributed by atoms with E-state index in [1.807, 2.05) is 56.3 Å². The third-order valence-electron chi connectivity index (χ3n) is 5.23. The Kier molecular flexibility index (Phi) is 5.91. The van der Waals surface area contributed by atoms with E-state index < -0.39 is 0 Å². The molecule has 3 aromatic carbocycles. The van der Waals surface area contributed by atoms with Gasteiger partial charge in [-0.05, 0) is 66.8 Å². The minimum absolute atomic E-state index is 0.102. The molecule has 4 nitrogen and oxygen atoms in total. The molecule has 2 amide bonds. The van der Waals surface area contributed by atoms with Gasteiger partial charge in [-0.15, -0.1) is 11.8 Å². The normalized spacial score (nSPS) is 12.6. The lowest BCUT2D eigenvalue weighted by Gasteiger charge is -2.13. The maximum atomic E-state index is 12.6. The molecule has 4 rings (SSSR count). The number of anilines is 2. The van der Waals surface area contributed by atoms with Crippen LogP contribution in [-0.2, 0) is 16.0 Å². The van der Waals surface area contributed by atoms with Crippen LogP contribution in [0.15, 0.2) is 66.7 Å². The van der Waals surface area contributed by atoms with Crippen molar-refractivity contribution in [2.24, 2.45) is 0 Å². The van der Waals surface area contributed by atoms with Gasteiger partial charge in [0.2, 0.25) is 11.8 Å². The molecule has 1 aliphatic carbocycles. The summed E-state index contributed by atoms with van der Waals surface area (Å²) in [6, 6.07) is 22.1. The third kappa shape index (κ3) is 4.57. The van der Waals surface area contributed by atoms with E-state index in [9.17, 15) is 9.59 Å². The fourth-order valence-corrected chi connectivity index (χ4v) is 4.24. The molecule has 5 heteroatoms. The largest absolute Gasteiger partial charge is 0.325 e. The predicted molar refractivity (Wildman–Crippen MR) is 125 cm³/mol. The molecule has 30 heavy (non-hydrogen) atoms. The Labute approximate surface area is 181 Å². The maximum Gasteiger partial charge on any atom is 0.237 e. The summed E-state index contributed by atoms with van der Waals surface area (Å²) in [4.78, 5) is 24.8. The van der Waals surface area contributed by atoms with Crippen LogP contribution < -0.4 is 10.6 Å². The fourth-order valence-electron chi connectivity index (χ4n) is 3.56. The molecule has 3 aromatic rings. The van der Waals surface area contributed by atoms with Gasteiger partial charge < -0.3 is 10.6 Å². The Morgan fingerprint density at radius 1 is 0.900 bits per heavy atom.